The highest BCUT2D eigenvalue weighted by Crippen LogP contribution is 2.37. The van der Waals surface area contributed by atoms with Crippen molar-refractivity contribution in [1.82, 2.24) is 9.13 Å². The summed E-state index contributed by atoms with van der Waals surface area (Å²) in [5, 5.41) is 4.70. The third-order valence-electron chi connectivity index (χ3n) is 12.0. The average molecular weight is 868 g/mol. The van der Waals surface area contributed by atoms with Crippen molar-refractivity contribution >= 4 is 56.4 Å². The number of aliphatic imine (C=N–C) groups is 2. The molecule has 67 heavy (non-hydrogen) atoms. The fourth-order valence-corrected chi connectivity index (χ4v) is 8.63. The van der Waals surface area contributed by atoms with Gasteiger partial charge in [-0.1, -0.05) is 158 Å². The lowest BCUT2D eigenvalue weighted by molar-refractivity contribution is 1.04. The van der Waals surface area contributed by atoms with Crippen molar-refractivity contribution in [3.8, 4) is 33.6 Å². The molecule has 0 bridgehead atoms. The van der Waals surface area contributed by atoms with Crippen LogP contribution in [0.5, 0.6) is 0 Å². The van der Waals surface area contributed by atoms with Crippen LogP contribution in [0.3, 0.4) is 0 Å². The molecule has 0 amide bonds. The Bertz CT molecular complexity index is 3470. The Kier molecular flexibility index (Phi) is 13.1. The predicted octanol–water partition coefficient (Wildman–Crippen LogP) is 15.7. The summed E-state index contributed by atoms with van der Waals surface area (Å²) in [7, 11) is 0. The molecule has 0 atom stereocenters. The fourth-order valence-electron chi connectivity index (χ4n) is 8.63. The number of hydrogen-bond donors (Lipinski definition) is 1. The maximum atomic E-state index is 6.86. The number of nitrogens with two attached hydrogens (primary N) is 1. The predicted molar refractivity (Wildman–Crippen MR) is 288 cm³/mol. The lowest BCUT2D eigenvalue weighted by Crippen LogP contribution is -2.16. The van der Waals surface area contributed by atoms with Crippen molar-refractivity contribution in [2.45, 2.75) is 27.3 Å². The van der Waals surface area contributed by atoms with Crippen molar-refractivity contribution in [2.24, 2.45) is 15.7 Å². The van der Waals surface area contributed by atoms with E-state index in [1.807, 2.05) is 68.5 Å². The standard InChI is InChI=1S/C58H45N5.C4H8/c1-3-17-54-52(4-2)53-36-48-35-45-30-31-62(50-27-12-7-13-28-50)55(45)37-49(48)38-56(53)63(54)51-29-14-18-40(32-51)39-60-58(47-26-16-24-44(34-47)42-21-10-6-11-22-42)61-57(59)46-25-15-23-43(33-46)41-19-8-5-9-20-41;1-3-4-2/h3-38H,2,39H2,1H3,(H2,59,60,61);3-4H,1-2H3/b17-3-;4-3-. The second kappa shape index (κ2) is 20.1. The number of amidine groups is 2. The van der Waals surface area contributed by atoms with Gasteiger partial charge in [-0.2, -0.15) is 0 Å². The van der Waals surface area contributed by atoms with Gasteiger partial charge in [0, 0.05) is 45.0 Å². The second-order valence-corrected chi connectivity index (χ2v) is 16.4. The first-order valence-corrected chi connectivity index (χ1v) is 22.8. The molecule has 5 heteroatoms. The van der Waals surface area contributed by atoms with Crippen LogP contribution in [0.25, 0.3) is 78.4 Å². The molecule has 10 aromatic rings. The van der Waals surface area contributed by atoms with Crippen LogP contribution in [0, 0.1) is 0 Å². The highest BCUT2D eigenvalue weighted by molar-refractivity contribution is 6.12. The smallest absolute Gasteiger partial charge is 0.157 e. The highest BCUT2D eigenvalue weighted by atomic mass is 15.0. The van der Waals surface area contributed by atoms with E-state index in [1.54, 1.807) is 0 Å². The molecule has 8 aromatic carbocycles. The number of nitrogens with zero attached hydrogens (tertiary/aromatic N) is 4. The van der Waals surface area contributed by atoms with Crippen LogP contribution in [0.2, 0.25) is 0 Å². The van der Waals surface area contributed by atoms with E-state index >= 15 is 0 Å². The molecular formula is C62H53N5. The molecular weight excluding hydrogens is 815 g/mol. The molecule has 0 fully saturated rings. The number of aromatic nitrogens is 2. The summed E-state index contributed by atoms with van der Waals surface area (Å²) in [6, 6.07) is 67.8. The molecule has 0 spiro atoms. The number of benzene rings is 8. The van der Waals surface area contributed by atoms with E-state index < -0.39 is 0 Å². The van der Waals surface area contributed by atoms with Crippen molar-refractivity contribution < 1.29 is 0 Å². The summed E-state index contributed by atoms with van der Waals surface area (Å²) >= 11 is 0. The normalized spacial score (nSPS) is 12.0. The van der Waals surface area contributed by atoms with E-state index in [-0.39, 0.29) is 0 Å². The number of fused-ring (bicyclic) bond motifs is 3. The van der Waals surface area contributed by atoms with Crippen LogP contribution in [0.15, 0.2) is 235 Å². The lowest BCUT2D eigenvalue weighted by atomic mass is 10.0. The zero-order chi connectivity index (χ0) is 46.1. The van der Waals surface area contributed by atoms with Gasteiger partial charge in [0.15, 0.2) is 5.84 Å². The number of para-hydroxylation sites is 1. The van der Waals surface area contributed by atoms with Gasteiger partial charge >= 0.3 is 0 Å². The molecule has 10 rings (SSSR count). The topological polar surface area (TPSA) is 60.6 Å². The third kappa shape index (κ3) is 9.35. The van der Waals surface area contributed by atoms with E-state index in [1.165, 1.54) is 21.7 Å². The number of hydrogen-bond acceptors (Lipinski definition) is 1. The van der Waals surface area contributed by atoms with Crippen LogP contribution in [0.1, 0.15) is 48.7 Å². The molecule has 0 saturated heterocycles. The van der Waals surface area contributed by atoms with Gasteiger partial charge in [-0.15, -0.1) is 0 Å². The summed E-state index contributed by atoms with van der Waals surface area (Å²) in [4.78, 5) is 10.3. The highest BCUT2D eigenvalue weighted by Gasteiger charge is 2.18. The summed E-state index contributed by atoms with van der Waals surface area (Å²) < 4.78 is 4.60. The summed E-state index contributed by atoms with van der Waals surface area (Å²) in [6.07, 6.45) is 12.4. The van der Waals surface area contributed by atoms with E-state index in [0.717, 1.165) is 72.5 Å². The molecule has 0 aliphatic rings. The molecule has 5 nitrogen and oxygen atoms in total. The molecule has 2 N–H and O–H groups in total. The van der Waals surface area contributed by atoms with Crippen LogP contribution >= 0.6 is 0 Å². The molecule has 0 saturated carbocycles. The summed E-state index contributed by atoms with van der Waals surface area (Å²) in [6.45, 7) is 10.7. The second-order valence-electron chi connectivity index (χ2n) is 16.4. The van der Waals surface area contributed by atoms with E-state index in [9.17, 15) is 0 Å². The van der Waals surface area contributed by atoms with Gasteiger partial charge in [0.2, 0.25) is 0 Å². The molecule has 0 radical (unpaired) electrons. The van der Waals surface area contributed by atoms with Crippen LogP contribution in [-0.4, -0.2) is 20.8 Å². The Morgan fingerprint density at radius 2 is 1.12 bits per heavy atom. The summed E-state index contributed by atoms with van der Waals surface area (Å²) in [5.41, 5.74) is 20.6. The Morgan fingerprint density at radius 1 is 0.537 bits per heavy atom. The van der Waals surface area contributed by atoms with Crippen molar-refractivity contribution in [3.63, 3.8) is 0 Å². The quantitative estimate of drug-likeness (QED) is 0.0831. The minimum absolute atomic E-state index is 0.392. The van der Waals surface area contributed by atoms with Crippen molar-refractivity contribution in [3.05, 3.63) is 253 Å². The minimum atomic E-state index is 0.392. The molecule has 0 unspecified atom stereocenters. The van der Waals surface area contributed by atoms with Gasteiger partial charge in [0.25, 0.3) is 0 Å². The zero-order valence-corrected chi connectivity index (χ0v) is 38.2. The van der Waals surface area contributed by atoms with Gasteiger partial charge in [0.1, 0.15) is 5.84 Å². The maximum Gasteiger partial charge on any atom is 0.157 e. The van der Waals surface area contributed by atoms with Gasteiger partial charge in [-0.05, 0) is 132 Å². The zero-order valence-electron chi connectivity index (χ0n) is 38.2. The van der Waals surface area contributed by atoms with Gasteiger partial charge in [-0.25, -0.2) is 4.99 Å². The largest absolute Gasteiger partial charge is 0.383 e. The van der Waals surface area contributed by atoms with Crippen LogP contribution < -0.4 is 5.73 Å². The molecule has 2 aromatic heterocycles. The first-order chi connectivity index (χ1) is 33.0. The first-order valence-electron chi connectivity index (χ1n) is 22.8. The number of rotatable bonds is 10. The average Bonchev–Trinajstić information content (AvgIpc) is 3.94. The Morgan fingerprint density at radius 3 is 1.78 bits per heavy atom. The first kappa shape index (κ1) is 43.7. The molecule has 0 aliphatic carbocycles. The Balaban J connectivity index is 0.00000135. The number of allylic oxidation sites excluding steroid dienone is 3. The van der Waals surface area contributed by atoms with Gasteiger partial charge < -0.3 is 14.9 Å². The van der Waals surface area contributed by atoms with Crippen molar-refractivity contribution in [1.29, 1.82) is 0 Å². The van der Waals surface area contributed by atoms with Crippen LogP contribution in [0.4, 0.5) is 0 Å². The SMILES string of the molecule is C/C=C\C.C=Cc1c(/C=C\C)n(-c2cccc(CN=C(N=C(N)c3cccc(-c4ccccc4)c3)c3cccc(-c4ccccc4)c3)c2)c2cc3cc4c(ccn4-c4ccccc4)cc3cc12. The van der Waals surface area contributed by atoms with Gasteiger partial charge in [-0.3, -0.25) is 4.99 Å². The van der Waals surface area contributed by atoms with E-state index in [2.05, 4.69) is 199 Å². The Hall–Kier alpha value is -8.54. The fraction of sp³-hybridized carbons (Fsp3) is 0.0645. The van der Waals surface area contributed by atoms with Crippen molar-refractivity contribution in [2.75, 3.05) is 0 Å². The third-order valence-corrected chi connectivity index (χ3v) is 12.0. The van der Waals surface area contributed by atoms with E-state index in [0.29, 0.717) is 18.2 Å². The van der Waals surface area contributed by atoms with Gasteiger partial charge in [0.05, 0.1) is 23.3 Å². The van der Waals surface area contributed by atoms with Crippen LogP contribution in [-0.2, 0) is 6.54 Å². The molecule has 326 valence electrons. The van der Waals surface area contributed by atoms with E-state index in [4.69, 9.17) is 15.7 Å². The maximum absolute atomic E-state index is 6.86. The minimum Gasteiger partial charge on any atom is -0.383 e. The molecule has 0 aliphatic heterocycles. The Labute approximate surface area is 393 Å². The molecule has 2 heterocycles. The monoisotopic (exact) mass is 867 g/mol. The lowest BCUT2D eigenvalue weighted by Gasteiger charge is -2.12. The summed E-state index contributed by atoms with van der Waals surface area (Å²) in [5.74, 6) is 0.964.